The van der Waals surface area contributed by atoms with Crippen LogP contribution < -0.4 is 0 Å². The van der Waals surface area contributed by atoms with Crippen LogP contribution in [-0.4, -0.2) is 12.6 Å². The summed E-state index contributed by atoms with van der Waals surface area (Å²) in [5, 5.41) is 0. The molecule has 0 unspecified atom stereocenters. The van der Waals surface area contributed by atoms with E-state index in [1.807, 2.05) is 55.5 Å². The Morgan fingerprint density at radius 2 is 2.00 bits per heavy atom. The molecule has 0 bridgehead atoms. The molecule has 0 aliphatic heterocycles. The lowest BCUT2D eigenvalue weighted by molar-refractivity contribution is -0.136. The van der Waals surface area contributed by atoms with Crippen LogP contribution in [0.1, 0.15) is 12.5 Å². The molecule has 2 nitrogen and oxygen atoms in total. The predicted octanol–water partition coefficient (Wildman–Crippen LogP) is 3.38. The summed E-state index contributed by atoms with van der Waals surface area (Å²) in [6, 6.07) is 9.87. The first-order valence-corrected chi connectivity index (χ1v) is 5.50. The zero-order chi connectivity index (χ0) is 12.3. The molecule has 0 aromatic heterocycles. The van der Waals surface area contributed by atoms with Gasteiger partial charge in [0.05, 0.1) is 0 Å². The number of benzene rings is 1. The van der Waals surface area contributed by atoms with E-state index >= 15 is 0 Å². The summed E-state index contributed by atoms with van der Waals surface area (Å²) in [5.41, 5.74) is 1.09. The van der Waals surface area contributed by atoms with Crippen molar-refractivity contribution in [2.75, 3.05) is 6.61 Å². The molecule has 0 saturated carbocycles. The summed E-state index contributed by atoms with van der Waals surface area (Å²) in [7, 11) is 0. The molecule has 88 valence electrons. The van der Waals surface area contributed by atoms with E-state index in [4.69, 9.17) is 4.74 Å². The van der Waals surface area contributed by atoms with Crippen LogP contribution in [0.5, 0.6) is 0 Å². The van der Waals surface area contributed by atoms with E-state index in [9.17, 15) is 4.79 Å². The van der Waals surface area contributed by atoms with Crippen LogP contribution in [-0.2, 0) is 9.53 Å². The molecule has 0 aliphatic rings. The molecule has 17 heavy (non-hydrogen) atoms. The van der Waals surface area contributed by atoms with Crippen molar-refractivity contribution in [3.63, 3.8) is 0 Å². The second-order valence-corrected chi connectivity index (χ2v) is 3.33. The van der Waals surface area contributed by atoms with E-state index in [0.717, 1.165) is 5.56 Å². The lowest BCUT2D eigenvalue weighted by atomic mass is 10.2. The van der Waals surface area contributed by atoms with Gasteiger partial charge in [-0.15, -0.1) is 0 Å². The van der Waals surface area contributed by atoms with E-state index in [1.54, 1.807) is 12.2 Å². The topological polar surface area (TPSA) is 26.3 Å². The minimum absolute atomic E-state index is 0.286. The Morgan fingerprint density at radius 1 is 1.24 bits per heavy atom. The second-order valence-electron chi connectivity index (χ2n) is 3.33. The third-order valence-electron chi connectivity index (χ3n) is 1.97. The number of allylic oxidation sites excluding steroid dienone is 3. The number of rotatable bonds is 5. The second kappa shape index (κ2) is 8.11. The first-order chi connectivity index (χ1) is 8.33. The van der Waals surface area contributed by atoms with Crippen LogP contribution in [0.4, 0.5) is 0 Å². The van der Waals surface area contributed by atoms with Gasteiger partial charge < -0.3 is 4.74 Å². The van der Waals surface area contributed by atoms with Crippen molar-refractivity contribution < 1.29 is 9.53 Å². The van der Waals surface area contributed by atoms with Crippen molar-refractivity contribution in [1.29, 1.82) is 0 Å². The summed E-state index contributed by atoms with van der Waals surface area (Å²) in [6.45, 7) is 2.17. The Labute approximate surface area is 102 Å². The fourth-order valence-electron chi connectivity index (χ4n) is 1.17. The molecule has 0 radical (unpaired) electrons. The van der Waals surface area contributed by atoms with Gasteiger partial charge in [0, 0.05) is 6.08 Å². The summed E-state index contributed by atoms with van der Waals surface area (Å²) >= 11 is 0. The standard InChI is InChI=1S/C15H16O2/c1-2-3-5-12-15(16)17-13-8-11-14-9-6-4-7-10-14/h2-12H,13H2,1H3. The van der Waals surface area contributed by atoms with Gasteiger partial charge in [-0.2, -0.15) is 0 Å². The van der Waals surface area contributed by atoms with Crippen LogP contribution >= 0.6 is 0 Å². The smallest absolute Gasteiger partial charge is 0.331 e. The molecule has 1 aromatic rings. The minimum Gasteiger partial charge on any atom is -0.458 e. The summed E-state index contributed by atoms with van der Waals surface area (Å²) in [4.78, 5) is 11.2. The number of ether oxygens (including phenoxy) is 1. The zero-order valence-corrected chi connectivity index (χ0v) is 9.87. The van der Waals surface area contributed by atoms with Gasteiger partial charge in [-0.05, 0) is 18.6 Å². The quantitative estimate of drug-likeness (QED) is 0.439. The third-order valence-corrected chi connectivity index (χ3v) is 1.97. The maximum absolute atomic E-state index is 11.2. The average Bonchev–Trinajstić information content (AvgIpc) is 2.36. The zero-order valence-electron chi connectivity index (χ0n) is 9.87. The van der Waals surface area contributed by atoms with Crippen LogP contribution in [0.2, 0.25) is 0 Å². The number of esters is 1. The maximum atomic E-state index is 11.2. The number of hydrogen-bond acceptors (Lipinski definition) is 2. The van der Waals surface area contributed by atoms with Crippen molar-refractivity contribution in [2.45, 2.75) is 6.92 Å². The first-order valence-electron chi connectivity index (χ1n) is 5.50. The van der Waals surface area contributed by atoms with E-state index in [2.05, 4.69) is 0 Å². The minimum atomic E-state index is -0.333. The van der Waals surface area contributed by atoms with E-state index in [1.165, 1.54) is 6.08 Å². The Kier molecular flexibility index (Phi) is 6.19. The van der Waals surface area contributed by atoms with Crippen molar-refractivity contribution in [1.82, 2.24) is 0 Å². The van der Waals surface area contributed by atoms with Gasteiger partial charge in [-0.1, -0.05) is 54.6 Å². The summed E-state index contributed by atoms with van der Waals surface area (Å²) in [6.07, 6.45) is 10.4. The monoisotopic (exact) mass is 228 g/mol. The predicted molar refractivity (Wildman–Crippen MR) is 70.4 cm³/mol. The van der Waals surface area contributed by atoms with E-state index in [-0.39, 0.29) is 12.6 Å². The third kappa shape index (κ3) is 6.15. The maximum Gasteiger partial charge on any atom is 0.331 e. The van der Waals surface area contributed by atoms with E-state index < -0.39 is 0 Å². The van der Waals surface area contributed by atoms with Crippen LogP contribution in [0, 0.1) is 0 Å². The lowest BCUT2D eigenvalue weighted by Gasteiger charge is -1.96. The van der Waals surface area contributed by atoms with Crippen molar-refractivity contribution >= 4 is 12.0 Å². The Bertz CT molecular complexity index is 414. The molecule has 0 amide bonds. The summed E-state index contributed by atoms with van der Waals surface area (Å²) < 4.78 is 4.96. The molecule has 0 atom stereocenters. The van der Waals surface area contributed by atoms with Crippen molar-refractivity contribution in [3.8, 4) is 0 Å². The van der Waals surface area contributed by atoms with Gasteiger partial charge in [0.15, 0.2) is 0 Å². The number of hydrogen-bond donors (Lipinski definition) is 0. The Morgan fingerprint density at radius 3 is 2.71 bits per heavy atom. The van der Waals surface area contributed by atoms with Crippen LogP contribution in [0.3, 0.4) is 0 Å². The number of carbonyl (C=O) groups is 1. The molecule has 0 spiro atoms. The summed E-state index contributed by atoms with van der Waals surface area (Å²) in [5.74, 6) is -0.333. The molecule has 0 fully saturated rings. The fraction of sp³-hybridized carbons (Fsp3) is 0.133. The molecule has 0 aliphatic carbocycles. The molecule has 0 heterocycles. The van der Waals surface area contributed by atoms with Gasteiger partial charge in [0.25, 0.3) is 0 Å². The highest BCUT2D eigenvalue weighted by atomic mass is 16.5. The Hall–Kier alpha value is -2.09. The van der Waals surface area contributed by atoms with Crippen molar-refractivity contribution in [3.05, 3.63) is 66.3 Å². The SMILES string of the molecule is CC=CC=CC(=O)OCC=Cc1ccccc1. The Balaban J connectivity index is 2.28. The van der Waals surface area contributed by atoms with Crippen molar-refractivity contribution in [2.24, 2.45) is 0 Å². The van der Waals surface area contributed by atoms with Gasteiger partial charge in [-0.3, -0.25) is 0 Å². The van der Waals surface area contributed by atoms with Crippen LogP contribution in [0.15, 0.2) is 60.7 Å². The molecule has 0 saturated heterocycles. The normalized spacial score (nSPS) is 11.6. The van der Waals surface area contributed by atoms with Crippen LogP contribution in [0.25, 0.3) is 6.08 Å². The number of carbonyl (C=O) groups excluding carboxylic acids is 1. The molecular weight excluding hydrogens is 212 g/mol. The highest BCUT2D eigenvalue weighted by Gasteiger charge is 1.92. The van der Waals surface area contributed by atoms with Gasteiger partial charge in [0.2, 0.25) is 0 Å². The lowest BCUT2D eigenvalue weighted by Crippen LogP contribution is -1.99. The van der Waals surface area contributed by atoms with Gasteiger partial charge >= 0.3 is 5.97 Å². The fourth-order valence-corrected chi connectivity index (χ4v) is 1.17. The van der Waals surface area contributed by atoms with E-state index in [0.29, 0.717) is 0 Å². The highest BCUT2D eigenvalue weighted by Crippen LogP contribution is 2.00. The largest absolute Gasteiger partial charge is 0.458 e. The highest BCUT2D eigenvalue weighted by molar-refractivity contribution is 5.82. The first kappa shape index (κ1) is 13.0. The van der Waals surface area contributed by atoms with Gasteiger partial charge in [0.1, 0.15) is 6.61 Å². The molecule has 1 aromatic carbocycles. The van der Waals surface area contributed by atoms with Gasteiger partial charge in [-0.25, -0.2) is 4.79 Å². The molecule has 1 rings (SSSR count). The average molecular weight is 228 g/mol. The molecular formula is C15H16O2. The molecule has 0 N–H and O–H groups in total. The molecule has 2 heteroatoms.